The second-order valence-corrected chi connectivity index (χ2v) is 4.97. The zero-order valence-corrected chi connectivity index (χ0v) is 10.4. The number of nitrogens with two attached hydrogens (primary N) is 1. The predicted molar refractivity (Wildman–Crippen MR) is 66.3 cm³/mol. The Kier molecular flexibility index (Phi) is 3.79. The first-order valence-corrected chi connectivity index (χ1v) is 6.20. The first kappa shape index (κ1) is 12.5. The number of hydrogen-bond acceptors (Lipinski definition) is 2. The molecule has 3 unspecified atom stereocenters. The average Bonchev–Trinajstić information content (AvgIpc) is 2.68. The van der Waals surface area contributed by atoms with E-state index in [1.807, 2.05) is 13.0 Å². The SMILES string of the molecule is Cc1cc(F)ccc1CC(N)C1CCOC1C. The molecule has 2 N–H and O–H groups in total. The van der Waals surface area contributed by atoms with Crippen LogP contribution < -0.4 is 5.73 Å². The van der Waals surface area contributed by atoms with E-state index in [9.17, 15) is 4.39 Å². The van der Waals surface area contributed by atoms with Crippen molar-refractivity contribution < 1.29 is 9.13 Å². The molecule has 0 aliphatic carbocycles. The summed E-state index contributed by atoms with van der Waals surface area (Å²) in [5.41, 5.74) is 8.35. The largest absolute Gasteiger partial charge is 0.378 e. The van der Waals surface area contributed by atoms with Gasteiger partial charge in [-0.2, -0.15) is 0 Å². The summed E-state index contributed by atoms with van der Waals surface area (Å²) >= 11 is 0. The van der Waals surface area contributed by atoms with Crippen molar-refractivity contribution in [2.24, 2.45) is 11.7 Å². The van der Waals surface area contributed by atoms with E-state index < -0.39 is 0 Å². The first-order valence-electron chi connectivity index (χ1n) is 6.20. The predicted octanol–water partition coefficient (Wildman–Crippen LogP) is 2.43. The summed E-state index contributed by atoms with van der Waals surface area (Å²) in [6.45, 7) is 4.82. The van der Waals surface area contributed by atoms with Gasteiger partial charge in [0.2, 0.25) is 0 Å². The molecule has 1 saturated heterocycles. The summed E-state index contributed by atoms with van der Waals surface area (Å²) < 4.78 is 18.5. The molecule has 2 rings (SSSR count). The molecule has 1 aromatic carbocycles. The molecule has 94 valence electrons. The average molecular weight is 237 g/mol. The zero-order chi connectivity index (χ0) is 12.4. The van der Waals surface area contributed by atoms with Gasteiger partial charge in [-0.15, -0.1) is 0 Å². The highest BCUT2D eigenvalue weighted by Crippen LogP contribution is 2.25. The Labute approximate surface area is 102 Å². The second-order valence-electron chi connectivity index (χ2n) is 4.97. The van der Waals surface area contributed by atoms with Gasteiger partial charge in [-0.05, 0) is 49.9 Å². The van der Waals surface area contributed by atoms with Crippen LogP contribution in [0.4, 0.5) is 4.39 Å². The van der Waals surface area contributed by atoms with E-state index in [-0.39, 0.29) is 18.0 Å². The third kappa shape index (κ3) is 2.85. The Bertz CT molecular complexity index is 394. The summed E-state index contributed by atoms with van der Waals surface area (Å²) in [5, 5.41) is 0. The lowest BCUT2D eigenvalue weighted by Crippen LogP contribution is -2.36. The molecule has 0 bridgehead atoms. The molecule has 2 nitrogen and oxygen atoms in total. The Morgan fingerprint density at radius 2 is 2.29 bits per heavy atom. The van der Waals surface area contributed by atoms with Crippen LogP contribution in [0, 0.1) is 18.7 Å². The number of aryl methyl sites for hydroxylation is 1. The molecule has 0 spiro atoms. The number of benzene rings is 1. The highest BCUT2D eigenvalue weighted by Gasteiger charge is 2.29. The van der Waals surface area contributed by atoms with Gasteiger partial charge in [-0.1, -0.05) is 6.07 Å². The van der Waals surface area contributed by atoms with E-state index in [2.05, 4.69) is 6.92 Å². The summed E-state index contributed by atoms with van der Waals surface area (Å²) in [5.74, 6) is 0.233. The number of rotatable bonds is 3. The smallest absolute Gasteiger partial charge is 0.123 e. The van der Waals surface area contributed by atoms with Crippen molar-refractivity contribution >= 4 is 0 Å². The monoisotopic (exact) mass is 237 g/mol. The fourth-order valence-corrected chi connectivity index (χ4v) is 2.60. The van der Waals surface area contributed by atoms with Crippen molar-refractivity contribution in [3.05, 3.63) is 35.1 Å². The van der Waals surface area contributed by atoms with Crippen molar-refractivity contribution in [2.75, 3.05) is 6.61 Å². The van der Waals surface area contributed by atoms with Crippen LogP contribution in [-0.2, 0) is 11.2 Å². The molecule has 1 fully saturated rings. The molecule has 3 heteroatoms. The van der Waals surface area contributed by atoms with E-state index in [0.717, 1.165) is 30.6 Å². The lowest BCUT2D eigenvalue weighted by Gasteiger charge is -2.22. The fraction of sp³-hybridized carbons (Fsp3) is 0.571. The lowest BCUT2D eigenvalue weighted by molar-refractivity contribution is 0.0995. The molecule has 0 aromatic heterocycles. The first-order chi connectivity index (χ1) is 8.08. The normalized spacial score (nSPS) is 26.1. The standard InChI is InChI=1S/C14H20FNO/c1-9-7-12(15)4-3-11(9)8-14(16)13-5-6-17-10(13)2/h3-4,7,10,13-14H,5-6,8,16H2,1-2H3. The Hall–Kier alpha value is -0.930. The maximum atomic E-state index is 13.0. The number of halogens is 1. The molecule has 1 aliphatic rings. The molecule has 17 heavy (non-hydrogen) atoms. The fourth-order valence-electron chi connectivity index (χ4n) is 2.60. The Balaban J connectivity index is 2.04. The molecule has 1 heterocycles. The van der Waals surface area contributed by atoms with Gasteiger partial charge in [0.15, 0.2) is 0 Å². The van der Waals surface area contributed by atoms with Crippen LogP contribution in [0.3, 0.4) is 0 Å². The minimum absolute atomic E-state index is 0.0941. The quantitative estimate of drug-likeness (QED) is 0.876. The highest BCUT2D eigenvalue weighted by atomic mass is 19.1. The van der Waals surface area contributed by atoms with Crippen LogP contribution in [0.15, 0.2) is 18.2 Å². The number of ether oxygens (including phenoxy) is 1. The van der Waals surface area contributed by atoms with Gasteiger partial charge >= 0.3 is 0 Å². The van der Waals surface area contributed by atoms with Gasteiger partial charge < -0.3 is 10.5 Å². The zero-order valence-electron chi connectivity index (χ0n) is 10.4. The van der Waals surface area contributed by atoms with Gasteiger partial charge in [-0.3, -0.25) is 0 Å². The molecule has 0 amide bonds. The van der Waals surface area contributed by atoms with E-state index in [4.69, 9.17) is 10.5 Å². The topological polar surface area (TPSA) is 35.2 Å². The van der Waals surface area contributed by atoms with Crippen LogP contribution in [-0.4, -0.2) is 18.8 Å². The van der Waals surface area contributed by atoms with E-state index in [0.29, 0.717) is 5.92 Å². The maximum absolute atomic E-state index is 13.0. The molecular formula is C14H20FNO. The van der Waals surface area contributed by atoms with Crippen LogP contribution in [0.25, 0.3) is 0 Å². The third-order valence-electron chi connectivity index (χ3n) is 3.75. The van der Waals surface area contributed by atoms with Crippen molar-refractivity contribution in [1.82, 2.24) is 0 Å². The maximum Gasteiger partial charge on any atom is 0.123 e. The Morgan fingerprint density at radius 1 is 1.53 bits per heavy atom. The minimum Gasteiger partial charge on any atom is -0.378 e. The second kappa shape index (κ2) is 5.15. The molecule has 3 atom stereocenters. The lowest BCUT2D eigenvalue weighted by atomic mass is 9.88. The van der Waals surface area contributed by atoms with Gasteiger partial charge in [0.25, 0.3) is 0 Å². The third-order valence-corrected chi connectivity index (χ3v) is 3.75. The van der Waals surface area contributed by atoms with Crippen LogP contribution in [0.2, 0.25) is 0 Å². The summed E-state index contributed by atoms with van der Waals surface area (Å²) in [4.78, 5) is 0. The molecule has 0 saturated carbocycles. The van der Waals surface area contributed by atoms with Crippen LogP contribution >= 0.6 is 0 Å². The van der Waals surface area contributed by atoms with Gasteiger partial charge in [-0.25, -0.2) is 4.39 Å². The van der Waals surface area contributed by atoms with Crippen molar-refractivity contribution in [2.45, 2.75) is 38.8 Å². The summed E-state index contributed by atoms with van der Waals surface area (Å²) in [7, 11) is 0. The van der Waals surface area contributed by atoms with Gasteiger partial charge in [0, 0.05) is 18.6 Å². The van der Waals surface area contributed by atoms with Crippen molar-refractivity contribution in [3.8, 4) is 0 Å². The van der Waals surface area contributed by atoms with Gasteiger partial charge in [0.05, 0.1) is 6.10 Å². The molecular weight excluding hydrogens is 217 g/mol. The molecule has 1 aliphatic heterocycles. The van der Waals surface area contributed by atoms with Crippen LogP contribution in [0.5, 0.6) is 0 Å². The molecule has 0 radical (unpaired) electrons. The summed E-state index contributed by atoms with van der Waals surface area (Å²) in [6.07, 6.45) is 2.07. The van der Waals surface area contributed by atoms with Crippen LogP contribution in [0.1, 0.15) is 24.5 Å². The number of hydrogen-bond donors (Lipinski definition) is 1. The Morgan fingerprint density at radius 3 is 2.88 bits per heavy atom. The van der Waals surface area contributed by atoms with Crippen molar-refractivity contribution in [1.29, 1.82) is 0 Å². The highest BCUT2D eigenvalue weighted by molar-refractivity contribution is 5.27. The summed E-state index contributed by atoms with van der Waals surface area (Å²) in [6, 6.07) is 5.00. The minimum atomic E-state index is -0.183. The van der Waals surface area contributed by atoms with Gasteiger partial charge in [0.1, 0.15) is 5.82 Å². The van der Waals surface area contributed by atoms with E-state index in [1.165, 1.54) is 6.07 Å². The van der Waals surface area contributed by atoms with E-state index in [1.54, 1.807) is 6.07 Å². The van der Waals surface area contributed by atoms with Crippen molar-refractivity contribution in [3.63, 3.8) is 0 Å². The molecule has 1 aromatic rings. The van der Waals surface area contributed by atoms with E-state index >= 15 is 0 Å².